The van der Waals surface area contributed by atoms with Crippen molar-refractivity contribution in [3.63, 3.8) is 0 Å². The monoisotopic (exact) mass is 310 g/mol. The number of rotatable bonds is 0. The van der Waals surface area contributed by atoms with Crippen molar-refractivity contribution in [1.82, 2.24) is 0 Å². The van der Waals surface area contributed by atoms with Crippen LogP contribution in [0.15, 0.2) is 18.2 Å². The summed E-state index contributed by atoms with van der Waals surface area (Å²) in [5, 5.41) is 1.40. The van der Waals surface area contributed by atoms with E-state index in [0.717, 1.165) is 0 Å². The van der Waals surface area contributed by atoms with Gasteiger partial charge in [0.1, 0.15) is 0 Å². The summed E-state index contributed by atoms with van der Waals surface area (Å²) in [7, 11) is -4.67. The Morgan fingerprint density at radius 3 is 1.44 bits per heavy atom. The van der Waals surface area contributed by atoms with Crippen LogP contribution in [-0.4, -0.2) is 17.5 Å². The van der Waals surface area contributed by atoms with Gasteiger partial charge < -0.3 is 0 Å². The molecule has 6 nitrogen and oxygen atoms in total. The first-order valence-electron chi connectivity index (χ1n) is 3.34. The Morgan fingerprint density at radius 2 is 1.25 bits per heavy atom. The number of benzene rings is 1. The molecule has 94 valence electrons. The molecule has 0 atom stereocenters. The molecule has 0 aliphatic heterocycles. The van der Waals surface area contributed by atoms with E-state index < -0.39 is 10.4 Å². The SMILES string of the molecule is Clc1cccc(Cl)c1Cl.NN.O=S(=O)(O)O. The van der Waals surface area contributed by atoms with Crippen LogP contribution in [-0.2, 0) is 10.4 Å². The lowest BCUT2D eigenvalue weighted by Gasteiger charge is -1.94. The summed E-state index contributed by atoms with van der Waals surface area (Å²) in [5.41, 5.74) is 0. The maximum Gasteiger partial charge on any atom is 0.394 e. The Balaban J connectivity index is 0. The Kier molecular flexibility index (Phi) is 10.2. The van der Waals surface area contributed by atoms with Gasteiger partial charge in [-0.25, -0.2) is 0 Å². The van der Waals surface area contributed by atoms with Crippen molar-refractivity contribution in [2.75, 3.05) is 0 Å². The van der Waals surface area contributed by atoms with Crippen LogP contribution in [0.1, 0.15) is 0 Å². The minimum Gasteiger partial charge on any atom is -0.274 e. The van der Waals surface area contributed by atoms with Gasteiger partial charge in [0, 0.05) is 0 Å². The van der Waals surface area contributed by atoms with Gasteiger partial charge in [0.05, 0.1) is 15.1 Å². The van der Waals surface area contributed by atoms with Gasteiger partial charge in [0.2, 0.25) is 0 Å². The quantitative estimate of drug-likeness (QED) is 0.250. The molecular formula is C6H9Cl3N2O4S. The highest BCUT2D eigenvalue weighted by atomic mass is 35.5. The fourth-order valence-electron chi connectivity index (χ4n) is 0.477. The molecule has 0 aliphatic carbocycles. The Labute approximate surface area is 108 Å². The largest absolute Gasteiger partial charge is 0.394 e. The van der Waals surface area contributed by atoms with E-state index in [9.17, 15) is 0 Å². The highest BCUT2D eigenvalue weighted by Gasteiger charge is 1.98. The van der Waals surface area contributed by atoms with Gasteiger partial charge in [-0.05, 0) is 12.1 Å². The molecule has 6 N–H and O–H groups in total. The zero-order valence-corrected chi connectivity index (χ0v) is 10.7. The summed E-state index contributed by atoms with van der Waals surface area (Å²) < 4.78 is 31.6. The third-order valence-electron chi connectivity index (χ3n) is 0.904. The third kappa shape index (κ3) is 12.0. The number of halogens is 3. The lowest BCUT2D eigenvalue weighted by molar-refractivity contribution is 0.381. The van der Waals surface area contributed by atoms with Crippen LogP contribution in [0, 0.1) is 0 Å². The molecular weight excluding hydrogens is 303 g/mol. The second kappa shape index (κ2) is 8.97. The van der Waals surface area contributed by atoms with Gasteiger partial charge in [-0.1, -0.05) is 40.9 Å². The van der Waals surface area contributed by atoms with E-state index in [1.54, 1.807) is 18.2 Å². The molecule has 0 unspecified atom stereocenters. The van der Waals surface area contributed by atoms with Crippen molar-refractivity contribution in [2.24, 2.45) is 11.7 Å². The lowest BCUT2D eigenvalue weighted by Crippen LogP contribution is -2.02. The molecule has 0 bridgehead atoms. The van der Waals surface area contributed by atoms with Crippen molar-refractivity contribution in [2.45, 2.75) is 0 Å². The van der Waals surface area contributed by atoms with Crippen LogP contribution in [0.25, 0.3) is 0 Å². The molecule has 0 amide bonds. The van der Waals surface area contributed by atoms with E-state index in [1.165, 1.54) is 0 Å². The first kappa shape index (κ1) is 18.3. The van der Waals surface area contributed by atoms with E-state index in [0.29, 0.717) is 15.1 Å². The molecule has 0 aliphatic rings. The van der Waals surface area contributed by atoms with Gasteiger partial charge in [0.25, 0.3) is 0 Å². The summed E-state index contributed by atoms with van der Waals surface area (Å²) in [6, 6.07) is 5.13. The molecule has 0 spiro atoms. The number of hydrazine groups is 1. The third-order valence-corrected chi connectivity index (χ3v) is 2.14. The Hall–Kier alpha value is -0.120. The van der Waals surface area contributed by atoms with E-state index in [4.69, 9.17) is 52.3 Å². The highest BCUT2D eigenvalue weighted by molar-refractivity contribution is 7.79. The Morgan fingerprint density at radius 1 is 1.00 bits per heavy atom. The average Bonchev–Trinajstić information content (AvgIpc) is 2.15. The van der Waals surface area contributed by atoms with Crippen LogP contribution in [0.4, 0.5) is 0 Å². The van der Waals surface area contributed by atoms with Crippen LogP contribution < -0.4 is 11.7 Å². The predicted molar refractivity (Wildman–Crippen MR) is 64.0 cm³/mol. The van der Waals surface area contributed by atoms with Crippen LogP contribution in [0.5, 0.6) is 0 Å². The fourth-order valence-corrected chi connectivity index (χ4v) is 1.00. The topological polar surface area (TPSA) is 127 Å². The van der Waals surface area contributed by atoms with Gasteiger partial charge in [-0.2, -0.15) is 8.42 Å². The minimum atomic E-state index is -4.67. The molecule has 1 aromatic carbocycles. The normalized spacial score (nSPS) is 9.44. The molecule has 0 saturated carbocycles. The van der Waals surface area contributed by atoms with Gasteiger partial charge in [-0.3, -0.25) is 20.8 Å². The standard InChI is InChI=1S/C6H3Cl3.H4N2.H2O4S/c7-4-2-1-3-5(8)6(4)9;1-2;1-5(2,3)4/h1-3H;1-2H2;(H2,1,2,3,4). The molecule has 0 saturated heterocycles. The molecule has 0 radical (unpaired) electrons. The van der Waals surface area contributed by atoms with Crippen LogP contribution in [0.3, 0.4) is 0 Å². The summed E-state index contributed by atoms with van der Waals surface area (Å²) >= 11 is 16.8. The average molecular weight is 312 g/mol. The smallest absolute Gasteiger partial charge is 0.274 e. The maximum atomic E-state index is 8.74. The van der Waals surface area contributed by atoms with Crippen molar-refractivity contribution in [1.29, 1.82) is 0 Å². The number of hydrogen-bond acceptors (Lipinski definition) is 4. The van der Waals surface area contributed by atoms with Crippen molar-refractivity contribution >= 4 is 45.2 Å². The zero-order chi connectivity index (χ0) is 13.4. The fraction of sp³-hybridized carbons (Fsp3) is 0. The van der Waals surface area contributed by atoms with E-state index in [1.807, 2.05) is 0 Å². The summed E-state index contributed by atoms with van der Waals surface area (Å²) in [5.74, 6) is 8.00. The second-order valence-electron chi connectivity index (χ2n) is 1.98. The first-order valence-corrected chi connectivity index (χ1v) is 5.87. The predicted octanol–water partition coefficient (Wildman–Crippen LogP) is 1.81. The van der Waals surface area contributed by atoms with Crippen molar-refractivity contribution in [3.05, 3.63) is 33.3 Å². The summed E-state index contributed by atoms with van der Waals surface area (Å²) in [6.07, 6.45) is 0. The zero-order valence-electron chi connectivity index (χ0n) is 7.64. The van der Waals surface area contributed by atoms with Gasteiger partial charge in [-0.15, -0.1) is 0 Å². The number of hydrogen-bond donors (Lipinski definition) is 4. The van der Waals surface area contributed by atoms with E-state index in [-0.39, 0.29) is 0 Å². The number of nitrogens with two attached hydrogens (primary N) is 2. The van der Waals surface area contributed by atoms with E-state index >= 15 is 0 Å². The molecule has 1 rings (SSSR count). The Bertz CT molecular complexity index is 384. The molecule has 0 fully saturated rings. The first-order chi connectivity index (χ1) is 7.22. The van der Waals surface area contributed by atoms with Crippen molar-refractivity contribution < 1.29 is 17.5 Å². The minimum absolute atomic E-state index is 0.417. The molecule has 1 aromatic rings. The summed E-state index contributed by atoms with van der Waals surface area (Å²) in [4.78, 5) is 0. The van der Waals surface area contributed by atoms with Crippen molar-refractivity contribution in [3.8, 4) is 0 Å². The molecule has 16 heavy (non-hydrogen) atoms. The van der Waals surface area contributed by atoms with Crippen LogP contribution in [0.2, 0.25) is 15.1 Å². The highest BCUT2D eigenvalue weighted by Crippen LogP contribution is 2.28. The van der Waals surface area contributed by atoms with E-state index in [2.05, 4.69) is 11.7 Å². The maximum absolute atomic E-state index is 8.74. The second-order valence-corrected chi connectivity index (χ2v) is 4.07. The van der Waals surface area contributed by atoms with Gasteiger partial charge >= 0.3 is 10.4 Å². The molecule has 10 heteroatoms. The molecule has 0 aromatic heterocycles. The van der Waals surface area contributed by atoms with Gasteiger partial charge in [0.15, 0.2) is 0 Å². The van der Waals surface area contributed by atoms with Crippen LogP contribution >= 0.6 is 34.8 Å². The lowest BCUT2D eigenvalue weighted by atomic mass is 10.4. The summed E-state index contributed by atoms with van der Waals surface area (Å²) in [6.45, 7) is 0. The molecule has 0 heterocycles.